The van der Waals surface area contributed by atoms with Gasteiger partial charge in [0.2, 0.25) is 15.9 Å². The number of hydrogen-bond acceptors (Lipinski definition) is 4. The van der Waals surface area contributed by atoms with Crippen molar-refractivity contribution in [3.63, 3.8) is 0 Å². The van der Waals surface area contributed by atoms with Gasteiger partial charge in [0.1, 0.15) is 0 Å². The molecule has 1 atom stereocenters. The smallest absolute Gasteiger partial charge is 0.241 e. The maximum atomic E-state index is 12.2. The summed E-state index contributed by atoms with van der Waals surface area (Å²) in [6, 6.07) is 1.81. The van der Waals surface area contributed by atoms with E-state index in [0.717, 1.165) is 6.42 Å². The van der Waals surface area contributed by atoms with Gasteiger partial charge in [0.25, 0.3) is 0 Å². The third-order valence-corrected chi connectivity index (χ3v) is 4.88. The zero-order chi connectivity index (χ0) is 16.2. The van der Waals surface area contributed by atoms with E-state index in [9.17, 15) is 13.2 Å². The minimum atomic E-state index is -3.84. The molecule has 0 saturated carbocycles. The Morgan fingerprint density at radius 1 is 1.43 bits per heavy atom. The van der Waals surface area contributed by atoms with Crippen molar-refractivity contribution in [1.29, 1.82) is 0 Å². The summed E-state index contributed by atoms with van der Waals surface area (Å²) >= 11 is 5.91. The van der Waals surface area contributed by atoms with Crippen LogP contribution in [0, 0.1) is 6.92 Å². The summed E-state index contributed by atoms with van der Waals surface area (Å²) in [4.78, 5) is 11.7. The number of rotatable bonds is 6. The first kappa shape index (κ1) is 17.7. The number of sulfonamides is 1. The number of carbonyl (C=O) groups excluding carboxylic acids is 1. The van der Waals surface area contributed by atoms with Gasteiger partial charge in [-0.25, -0.2) is 8.42 Å². The molecule has 1 unspecified atom stereocenters. The molecule has 0 spiro atoms. The van der Waals surface area contributed by atoms with E-state index < -0.39 is 16.1 Å². The number of halogens is 1. The molecule has 0 aromatic heterocycles. The fourth-order valence-electron chi connectivity index (χ4n) is 1.67. The van der Waals surface area contributed by atoms with Gasteiger partial charge in [0, 0.05) is 6.54 Å². The average Bonchev–Trinajstić information content (AvgIpc) is 2.40. The van der Waals surface area contributed by atoms with Crippen molar-refractivity contribution in [2.45, 2.75) is 38.1 Å². The SMILES string of the molecule is CCCNC(=O)C(C)NS(=O)(=O)c1cc(C)c(Cl)c(N)c1. The fourth-order valence-corrected chi connectivity index (χ4v) is 3.11. The van der Waals surface area contributed by atoms with E-state index in [2.05, 4.69) is 10.0 Å². The number of nitrogens with one attached hydrogen (secondary N) is 2. The van der Waals surface area contributed by atoms with E-state index >= 15 is 0 Å². The molecule has 0 saturated heterocycles. The minimum absolute atomic E-state index is 0.0166. The van der Waals surface area contributed by atoms with Crippen LogP contribution in [-0.2, 0) is 14.8 Å². The van der Waals surface area contributed by atoms with Crippen molar-refractivity contribution in [3.8, 4) is 0 Å². The second kappa shape index (κ2) is 7.11. The quantitative estimate of drug-likeness (QED) is 0.685. The van der Waals surface area contributed by atoms with E-state index in [1.807, 2.05) is 6.92 Å². The molecule has 1 aromatic carbocycles. The Balaban J connectivity index is 2.94. The Labute approximate surface area is 130 Å². The molecule has 1 aromatic rings. The zero-order valence-corrected chi connectivity index (χ0v) is 13.8. The number of anilines is 1. The molecule has 1 amide bonds. The highest BCUT2D eigenvalue weighted by atomic mass is 35.5. The summed E-state index contributed by atoms with van der Waals surface area (Å²) in [5.41, 5.74) is 6.41. The Morgan fingerprint density at radius 2 is 2.05 bits per heavy atom. The maximum Gasteiger partial charge on any atom is 0.241 e. The molecular formula is C13H20ClN3O3S. The normalized spacial score (nSPS) is 13.0. The lowest BCUT2D eigenvalue weighted by Gasteiger charge is -2.15. The molecule has 0 radical (unpaired) electrons. The molecule has 0 aliphatic rings. The van der Waals surface area contributed by atoms with Gasteiger partial charge in [0.05, 0.1) is 21.6 Å². The summed E-state index contributed by atoms with van der Waals surface area (Å²) in [6.07, 6.45) is 0.776. The van der Waals surface area contributed by atoms with E-state index in [1.54, 1.807) is 6.92 Å². The van der Waals surface area contributed by atoms with Crippen LogP contribution in [-0.4, -0.2) is 26.9 Å². The molecule has 0 aliphatic heterocycles. The van der Waals surface area contributed by atoms with Crippen LogP contribution in [0.25, 0.3) is 0 Å². The Bertz CT molecular complexity index is 609. The Kier molecular flexibility index (Phi) is 6.00. The number of carbonyl (C=O) groups is 1. The van der Waals surface area contributed by atoms with Crippen molar-refractivity contribution >= 4 is 33.2 Å². The molecular weight excluding hydrogens is 314 g/mol. The fraction of sp³-hybridized carbons (Fsp3) is 0.462. The number of nitrogens with two attached hydrogens (primary N) is 1. The van der Waals surface area contributed by atoms with Crippen LogP contribution in [0.1, 0.15) is 25.8 Å². The standard InChI is InChI=1S/C13H20ClN3O3S/c1-4-5-16-13(18)9(3)17-21(19,20)10-6-8(2)12(14)11(15)7-10/h6-7,9,17H,4-5,15H2,1-3H3,(H,16,18). The van der Waals surface area contributed by atoms with E-state index in [0.29, 0.717) is 17.1 Å². The highest BCUT2D eigenvalue weighted by molar-refractivity contribution is 7.89. The van der Waals surface area contributed by atoms with E-state index in [1.165, 1.54) is 19.1 Å². The second-order valence-electron chi connectivity index (χ2n) is 4.78. The Morgan fingerprint density at radius 3 is 2.57 bits per heavy atom. The first-order valence-corrected chi connectivity index (χ1v) is 8.40. The predicted molar refractivity (Wildman–Crippen MR) is 83.7 cm³/mol. The monoisotopic (exact) mass is 333 g/mol. The van der Waals surface area contributed by atoms with Crippen LogP contribution in [0.3, 0.4) is 0 Å². The molecule has 0 aliphatic carbocycles. The molecule has 21 heavy (non-hydrogen) atoms. The summed E-state index contributed by atoms with van der Waals surface area (Å²) in [5.74, 6) is -0.376. The first-order valence-electron chi connectivity index (χ1n) is 6.54. The molecule has 4 N–H and O–H groups in total. The third kappa shape index (κ3) is 4.59. The van der Waals surface area contributed by atoms with Gasteiger partial charge in [-0.15, -0.1) is 0 Å². The molecule has 1 rings (SSSR count). The molecule has 118 valence electrons. The summed E-state index contributed by atoms with van der Waals surface area (Å²) in [5, 5.41) is 2.95. The van der Waals surface area contributed by atoms with E-state index in [-0.39, 0.29) is 16.5 Å². The van der Waals surface area contributed by atoms with Crippen molar-refractivity contribution < 1.29 is 13.2 Å². The van der Waals surface area contributed by atoms with Gasteiger partial charge in [-0.05, 0) is 38.0 Å². The van der Waals surface area contributed by atoms with Gasteiger partial charge in [0.15, 0.2) is 0 Å². The highest BCUT2D eigenvalue weighted by Gasteiger charge is 2.22. The molecule has 6 nitrogen and oxygen atoms in total. The third-order valence-electron chi connectivity index (χ3n) is 2.84. The van der Waals surface area contributed by atoms with Crippen molar-refractivity contribution in [1.82, 2.24) is 10.0 Å². The Hall–Kier alpha value is -1.31. The van der Waals surface area contributed by atoms with E-state index in [4.69, 9.17) is 17.3 Å². The van der Waals surface area contributed by atoms with Crippen molar-refractivity contribution in [3.05, 3.63) is 22.7 Å². The van der Waals surface area contributed by atoms with Crippen LogP contribution in [0.5, 0.6) is 0 Å². The van der Waals surface area contributed by atoms with Gasteiger partial charge >= 0.3 is 0 Å². The second-order valence-corrected chi connectivity index (χ2v) is 6.87. The topological polar surface area (TPSA) is 101 Å². The lowest BCUT2D eigenvalue weighted by Crippen LogP contribution is -2.44. The highest BCUT2D eigenvalue weighted by Crippen LogP contribution is 2.26. The predicted octanol–water partition coefficient (Wildman–Crippen LogP) is 1.42. The van der Waals surface area contributed by atoms with Crippen LogP contribution in [0.2, 0.25) is 5.02 Å². The zero-order valence-electron chi connectivity index (χ0n) is 12.2. The molecule has 0 bridgehead atoms. The summed E-state index contributed by atoms with van der Waals surface area (Å²) < 4.78 is 26.8. The van der Waals surface area contributed by atoms with Crippen molar-refractivity contribution in [2.75, 3.05) is 12.3 Å². The van der Waals surface area contributed by atoms with Crippen molar-refractivity contribution in [2.24, 2.45) is 0 Å². The number of nitrogen functional groups attached to an aromatic ring is 1. The largest absolute Gasteiger partial charge is 0.397 e. The number of aryl methyl sites for hydroxylation is 1. The van der Waals surface area contributed by atoms with Crippen LogP contribution >= 0.6 is 11.6 Å². The molecule has 0 heterocycles. The minimum Gasteiger partial charge on any atom is -0.397 e. The first-order chi connectivity index (χ1) is 9.69. The van der Waals surface area contributed by atoms with Crippen LogP contribution in [0.15, 0.2) is 17.0 Å². The average molecular weight is 334 g/mol. The number of benzene rings is 1. The van der Waals surface area contributed by atoms with Gasteiger partial charge in [-0.1, -0.05) is 18.5 Å². The lowest BCUT2D eigenvalue weighted by atomic mass is 10.2. The van der Waals surface area contributed by atoms with Gasteiger partial charge in [-0.3, -0.25) is 4.79 Å². The number of hydrogen-bond donors (Lipinski definition) is 3. The number of amides is 1. The van der Waals surface area contributed by atoms with Gasteiger partial charge in [-0.2, -0.15) is 4.72 Å². The lowest BCUT2D eigenvalue weighted by molar-refractivity contribution is -0.122. The summed E-state index contributed by atoms with van der Waals surface area (Å²) in [7, 11) is -3.84. The van der Waals surface area contributed by atoms with Crippen LogP contribution < -0.4 is 15.8 Å². The molecule has 8 heteroatoms. The maximum absolute atomic E-state index is 12.2. The molecule has 0 fully saturated rings. The van der Waals surface area contributed by atoms with Crippen LogP contribution in [0.4, 0.5) is 5.69 Å². The summed E-state index contributed by atoms with van der Waals surface area (Å²) in [6.45, 7) is 5.55. The van der Waals surface area contributed by atoms with Gasteiger partial charge < -0.3 is 11.1 Å².